The van der Waals surface area contributed by atoms with E-state index in [1.807, 2.05) is 73.7 Å². The second kappa shape index (κ2) is 8.39. The quantitative estimate of drug-likeness (QED) is 0.529. The number of aromatic nitrogens is 3. The third kappa shape index (κ3) is 4.32. The van der Waals surface area contributed by atoms with Crippen molar-refractivity contribution in [3.05, 3.63) is 103 Å². The summed E-state index contributed by atoms with van der Waals surface area (Å²) >= 11 is 0. The highest BCUT2D eigenvalue weighted by Crippen LogP contribution is 2.26. The average Bonchev–Trinajstić information content (AvgIpc) is 3.30. The molecule has 4 aromatic rings. The normalized spacial score (nSPS) is 11.6. The number of nitrogens with zero attached hydrogens (tertiary/aromatic N) is 3. The lowest BCUT2D eigenvalue weighted by Gasteiger charge is -2.16. The van der Waals surface area contributed by atoms with Crippen LogP contribution in [0.3, 0.4) is 0 Å². The largest absolute Gasteiger partial charge is 0.457 e. The van der Waals surface area contributed by atoms with Gasteiger partial charge in [-0.15, -0.1) is 0 Å². The van der Waals surface area contributed by atoms with Gasteiger partial charge in [-0.2, -0.15) is 5.10 Å². The van der Waals surface area contributed by atoms with Crippen molar-refractivity contribution in [1.29, 1.82) is 0 Å². The van der Waals surface area contributed by atoms with Crippen molar-refractivity contribution < 1.29 is 9.53 Å². The molecule has 0 saturated carbocycles. The molecular weight excluding hydrogens is 364 g/mol. The number of hydrogen-bond donors (Lipinski definition) is 1. The van der Waals surface area contributed by atoms with E-state index in [9.17, 15) is 4.79 Å². The summed E-state index contributed by atoms with van der Waals surface area (Å²) in [4.78, 5) is 16.8. The molecule has 0 radical (unpaired) electrons. The van der Waals surface area contributed by atoms with Gasteiger partial charge in [-0.1, -0.05) is 42.5 Å². The van der Waals surface area contributed by atoms with Gasteiger partial charge >= 0.3 is 0 Å². The van der Waals surface area contributed by atoms with E-state index in [-0.39, 0.29) is 11.9 Å². The molecule has 1 amide bonds. The second-order valence-electron chi connectivity index (χ2n) is 6.54. The van der Waals surface area contributed by atoms with E-state index in [4.69, 9.17) is 4.74 Å². The Morgan fingerprint density at radius 1 is 0.966 bits per heavy atom. The molecule has 0 spiro atoms. The predicted molar refractivity (Wildman–Crippen MR) is 110 cm³/mol. The molecule has 0 unspecified atom stereocenters. The molecule has 29 heavy (non-hydrogen) atoms. The molecule has 144 valence electrons. The molecule has 0 bridgehead atoms. The number of rotatable bonds is 6. The molecule has 6 nitrogen and oxygen atoms in total. The number of ether oxygens (including phenoxy) is 1. The molecule has 0 saturated heterocycles. The topological polar surface area (TPSA) is 69.0 Å². The van der Waals surface area contributed by atoms with Gasteiger partial charge in [0, 0.05) is 0 Å². The molecular formula is C23H20N4O2. The van der Waals surface area contributed by atoms with Gasteiger partial charge in [0.2, 0.25) is 0 Å². The van der Waals surface area contributed by atoms with Crippen LogP contribution in [0.2, 0.25) is 0 Å². The second-order valence-corrected chi connectivity index (χ2v) is 6.54. The highest BCUT2D eigenvalue weighted by molar-refractivity contribution is 5.97. The summed E-state index contributed by atoms with van der Waals surface area (Å²) in [7, 11) is 0. The van der Waals surface area contributed by atoms with Gasteiger partial charge in [0.25, 0.3) is 5.91 Å². The number of amides is 1. The van der Waals surface area contributed by atoms with Crippen LogP contribution >= 0.6 is 0 Å². The Labute approximate surface area is 168 Å². The third-order valence-electron chi connectivity index (χ3n) is 4.53. The Hall–Kier alpha value is -3.93. The van der Waals surface area contributed by atoms with Crippen LogP contribution in [0, 0.1) is 0 Å². The first-order valence-electron chi connectivity index (χ1n) is 9.28. The van der Waals surface area contributed by atoms with E-state index in [1.54, 1.807) is 23.1 Å². The first-order valence-corrected chi connectivity index (χ1v) is 9.28. The molecule has 0 aliphatic rings. The molecule has 4 rings (SSSR count). The minimum Gasteiger partial charge on any atom is -0.457 e. The number of carbonyl (C=O) groups excluding carboxylic acids is 1. The van der Waals surface area contributed by atoms with Gasteiger partial charge in [-0.3, -0.25) is 4.79 Å². The summed E-state index contributed by atoms with van der Waals surface area (Å²) in [5.74, 6) is 1.01. The zero-order valence-electron chi connectivity index (χ0n) is 15.9. The maximum Gasteiger partial charge on any atom is 0.255 e. The van der Waals surface area contributed by atoms with Crippen molar-refractivity contribution in [2.45, 2.75) is 13.0 Å². The zero-order chi connectivity index (χ0) is 20.1. The van der Waals surface area contributed by atoms with Crippen LogP contribution in [0.25, 0.3) is 5.69 Å². The van der Waals surface area contributed by atoms with Crippen LogP contribution in [-0.2, 0) is 0 Å². The van der Waals surface area contributed by atoms with Gasteiger partial charge in [-0.05, 0) is 48.9 Å². The lowest BCUT2D eigenvalue weighted by Crippen LogP contribution is -2.27. The van der Waals surface area contributed by atoms with Gasteiger partial charge in [0.05, 0.1) is 17.3 Å². The predicted octanol–water partition coefficient (Wildman–Crippen LogP) is 4.55. The summed E-state index contributed by atoms with van der Waals surface area (Å²) in [6.45, 7) is 1.95. The van der Waals surface area contributed by atoms with Crippen molar-refractivity contribution in [2.24, 2.45) is 0 Å². The van der Waals surface area contributed by atoms with Crippen molar-refractivity contribution >= 4 is 5.91 Å². The van der Waals surface area contributed by atoms with Gasteiger partial charge in [0.1, 0.15) is 24.2 Å². The number of nitrogens with one attached hydrogen (secondary N) is 1. The van der Waals surface area contributed by atoms with Crippen molar-refractivity contribution in [2.75, 3.05) is 0 Å². The monoisotopic (exact) mass is 384 g/mol. The lowest BCUT2D eigenvalue weighted by atomic mass is 10.1. The number of carbonyl (C=O) groups is 1. The fraction of sp³-hybridized carbons (Fsp3) is 0.0870. The highest BCUT2D eigenvalue weighted by Gasteiger charge is 2.16. The third-order valence-corrected chi connectivity index (χ3v) is 4.53. The van der Waals surface area contributed by atoms with Crippen LogP contribution in [0.15, 0.2) is 91.5 Å². The maximum absolute atomic E-state index is 12.9. The number of benzene rings is 3. The molecule has 6 heteroatoms. The Morgan fingerprint density at radius 2 is 1.69 bits per heavy atom. The summed E-state index contributed by atoms with van der Waals surface area (Å²) in [5.41, 5.74) is 2.39. The Morgan fingerprint density at radius 3 is 2.41 bits per heavy atom. The van der Waals surface area contributed by atoms with E-state index in [2.05, 4.69) is 15.4 Å². The van der Waals surface area contributed by atoms with Crippen LogP contribution in [-0.4, -0.2) is 20.7 Å². The van der Waals surface area contributed by atoms with Gasteiger partial charge < -0.3 is 10.1 Å². The maximum atomic E-state index is 12.9. The zero-order valence-corrected chi connectivity index (χ0v) is 15.9. The van der Waals surface area contributed by atoms with Crippen molar-refractivity contribution in [3.8, 4) is 17.2 Å². The Kier molecular flexibility index (Phi) is 5.33. The summed E-state index contributed by atoms with van der Waals surface area (Å²) in [6, 6.07) is 24.3. The summed E-state index contributed by atoms with van der Waals surface area (Å²) in [6.07, 6.45) is 3.13. The average molecular weight is 384 g/mol. The van der Waals surface area contributed by atoms with Crippen LogP contribution in [0.5, 0.6) is 11.5 Å². The Balaban J connectivity index is 1.48. The molecule has 3 aromatic carbocycles. The molecule has 1 aromatic heterocycles. The summed E-state index contributed by atoms with van der Waals surface area (Å²) < 4.78 is 7.58. The van der Waals surface area contributed by atoms with E-state index in [0.29, 0.717) is 17.1 Å². The van der Waals surface area contributed by atoms with Crippen molar-refractivity contribution in [3.63, 3.8) is 0 Å². The van der Waals surface area contributed by atoms with Crippen molar-refractivity contribution in [1.82, 2.24) is 20.1 Å². The molecule has 1 atom stereocenters. The first kappa shape index (κ1) is 18.4. The Bertz CT molecular complexity index is 1080. The number of hydrogen-bond acceptors (Lipinski definition) is 4. The molecule has 0 aliphatic carbocycles. The van der Waals surface area contributed by atoms with Crippen LogP contribution < -0.4 is 10.1 Å². The molecule has 0 fully saturated rings. The molecule has 0 aliphatic heterocycles. The summed E-state index contributed by atoms with van der Waals surface area (Å²) in [5, 5.41) is 7.15. The minimum absolute atomic E-state index is 0.169. The highest BCUT2D eigenvalue weighted by atomic mass is 16.5. The standard InChI is InChI=1S/C23H20N4O2/c1-17(18-11-13-19(14-12-18)27-16-24-15-25-27)26-23(28)21-9-5-6-10-22(21)29-20-7-3-2-4-8-20/h2-17H,1H3,(H,26,28)/t17-/m1/s1. The van der Waals surface area contributed by atoms with E-state index >= 15 is 0 Å². The minimum atomic E-state index is -0.190. The van der Waals surface area contributed by atoms with E-state index in [0.717, 1.165) is 11.3 Å². The van der Waals surface area contributed by atoms with E-state index in [1.165, 1.54) is 6.33 Å². The van der Waals surface area contributed by atoms with Gasteiger partial charge in [-0.25, -0.2) is 9.67 Å². The first-order chi connectivity index (χ1) is 14.2. The molecule has 1 heterocycles. The van der Waals surface area contributed by atoms with Crippen LogP contribution in [0.4, 0.5) is 0 Å². The molecule has 1 N–H and O–H groups in total. The fourth-order valence-electron chi connectivity index (χ4n) is 2.97. The smallest absolute Gasteiger partial charge is 0.255 e. The van der Waals surface area contributed by atoms with Crippen LogP contribution in [0.1, 0.15) is 28.9 Å². The van der Waals surface area contributed by atoms with E-state index < -0.39 is 0 Å². The SMILES string of the molecule is C[C@@H](NC(=O)c1ccccc1Oc1ccccc1)c1ccc(-n2cncn2)cc1. The fourth-order valence-corrected chi connectivity index (χ4v) is 2.97. The number of para-hydroxylation sites is 2. The lowest BCUT2D eigenvalue weighted by molar-refractivity contribution is 0.0937. The van der Waals surface area contributed by atoms with Gasteiger partial charge in [0.15, 0.2) is 0 Å².